The number of nitrogens with one attached hydrogen (secondary N) is 1. The number of benzene rings is 2. The molecule has 1 saturated heterocycles. The van der Waals surface area contributed by atoms with Crippen molar-refractivity contribution in [3.8, 4) is 0 Å². The Morgan fingerprint density at radius 2 is 1.88 bits per heavy atom. The first-order valence-electron chi connectivity index (χ1n) is 7.71. The lowest BCUT2D eigenvalue weighted by Gasteiger charge is -2.17. The van der Waals surface area contributed by atoms with Crippen LogP contribution in [0, 0.1) is 5.82 Å². The van der Waals surface area contributed by atoms with Crippen LogP contribution in [0.25, 0.3) is 0 Å². The molecule has 0 aromatic heterocycles. The minimum atomic E-state index is -0.416. The predicted octanol–water partition coefficient (Wildman–Crippen LogP) is 3.66. The summed E-state index contributed by atoms with van der Waals surface area (Å²) in [5, 5.41) is 3.30. The number of hydrogen-bond acceptors (Lipinski definition) is 2. The Balaban J connectivity index is 1.65. The van der Waals surface area contributed by atoms with Gasteiger partial charge in [0.05, 0.1) is 21.7 Å². The first kappa shape index (κ1) is 17.7. The SMILES string of the molecule is O=C(N[C@@H]1CC(=O)N(Cc2cccc(F)c2)C1)c1c(Cl)cccc1Cl. The fourth-order valence-corrected chi connectivity index (χ4v) is 3.42. The molecule has 0 radical (unpaired) electrons. The quantitative estimate of drug-likeness (QED) is 0.879. The number of likely N-dealkylation sites (tertiary alicyclic amines) is 1. The molecule has 0 aliphatic carbocycles. The van der Waals surface area contributed by atoms with Crippen LogP contribution >= 0.6 is 23.2 Å². The van der Waals surface area contributed by atoms with Crippen molar-refractivity contribution in [2.75, 3.05) is 6.54 Å². The lowest BCUT2D eigenvalue weighted by molar-refractivity contribution is -0.128. The third kappa shape index (κ3) is 4.11. The largest absolute Gasteiger partial charge is 0.347 e. The summed E-state index contributed by atoms with van der Waals surface area (Å²) in [7, 11) is 0. The third-order valence-electron chi connectivity index (χ3n) is 4.00. The highest BCUT2D eigenvalue weighted by molar-refractivity contribution is 6.39. The lowest BCUT2D eigenvalue weighted by atomic mass is 10.2. The molecule has 7 heteroatoms. The van der Waals surface area contributed by atoms with Crippen LogP contribution in [0.2, 0.25) is 10.0 Å². The van der Waals surface area contributed by atoms with Crippen molar-refractivity contribution in [3.05, 3.63) is 69.5 Å². The van der Waals surface area contributed by atoms with E-state index in [-0.39, 0.29) is 39.8 Å². The summed E-state index contributed by atoms with van der Waals surface area (Å²) >= 11 is 12.1. The van der Waals surface area contributed by atoms with Crippen molar-refractivity contribution < 1.29 is 14.0 Å². The van der Waals surface area contributed by atoms with E-state index in [1.54, 1.807) is 35.2 Å². The number of carbonyl (C=O) groups is 2. The summed E-state index contributed by atoms with van der Waals surface area (Å²) < 4.78 is 13.3. The lowest BCUT2D eigenvalue weighted by Crippen LogP contribution is -2.37. The second-order valence-corrected chi connectivity index (χ2v) is 6.69. The molecular weight excluding hydrogens is 366 g/mol. The molecule has 25 heavy (non-hydrogen) atoms. The number of carbonyl (C=O) groups excluding carboxylic acids is 2. The maximum atomic E-state index is 13.3. The molecule has 2 aromatic rings. The maximum absolute atomic E-state index is 13.3. The van der Waals surface area contributed by atoms with Crippen molar-refractivity contribution in [2.24, 2.45) is 0 Å². The van der Waals surface area contributed by atoms with Crippen LogP contribution in [0.4, 0.5) is 4.39 Å². The molecule has 1 N–H and O–H groups in total. The van der Waals surface area contributed by atoms with Crippen LogP contribution in [0.3, 0.4) is 0 Å². The van der Waals surface area contributed by atoms with Gasteiger partial charge in [-0.25, -0.2) is 4.39 Å². The summed E-state index contributed by atoms with van der Waals surface area (Å²) in [5.74, 6) is -0.858. The molecule has 1 aliphatic rings. The summed E-state index contributed by atoms with van der Waals surface area (Å²) in [4.78, 5) is 26.1. The van der Waals surface area contributed by atoms with Gasteiger partial charge in [-0.2, -0.15) is 0 Å². The van der Waals surface area contributed by atoms with Crippen LogP contribution in [0.1, 0.15) is 22.3 Å². The van der Waals surface area contributed by atoms with Gasteiger partial charge in [0, 0.05) is 19.5 Å². The monoisotopic (exact) mass is 380 g/mol. The summed E-state index contributed by atoms with van der Waals surface area (Å²) in [6.45, 7) is 0.652. The first-order valence-corrected chi connectivity index (χ1v) is 8.46. The van der Waals surface area contributed by atoms with Crippen molar-refractivity contribution >= 4 is 35.0 Å². The van der Waals surface area contributed by atoms with E-state index < -0.39 is 5.91 Å². The summed E-state index contributed by atoms with van der Waals surface area (Å²) in [6, 6.07) is 10.6. The van der Waals surface area contributed by atoms with E-state index >= 15 is 0 Å². The fraction of sp³-hybridized carbons (Fsp3) is 0.222. The molecule has 1 heterocycles. The molecule has 2 aromatic carbocycles. The first-order chi connectivity index (χ1) is 11.9. The van der Waals surface area contributed by atoms with E-state index in [2.05, 4.69) is 5.32 Å². The van der Waals surface area contributed by atoms with Gasteiger partial charge in [0.1, 0.15) is 5.82 Å². The van der Waals surface area contributed by atoms with E-state index in [0.29, 0.717) is 18.7 Å². The van der Waals surface area contributed by atoms with Gasteiger partial charge >= 0.3 is 0 Å². The second kappa shape index (κ2) is 7.42. The van der Waals surface area contributed by atoms with Gasteiger partial charge in [0.15, 0.2) is 0 Å². The van der Waals surface area contributed by atoms with Gasteiger partial charge < -0.3 is 10.2 Å². The molecule has 1 aliphatic heterocycles. The molecule has 0 saturated carbocycles. The van der Waals surface area contributed by atoms with Gasteiger partial charge in [-0.05, 0) is 29.8 Å². The number of amides is 2. The Labute approximate surface area is 154 Å². The Kier molecular flexibility index (Phi) is 5.25. The van der Waals surface area contributed by atoms with Gasteiger partial charge in [0.25, 0.3) is 5.91 Å². The van der Waals surface area contributed by atoms with Crippen molar-refractivity contribution in [2.45, 2.75) is 19.0 Å². The van der Waals surface area contributed by atoms with E-state index in [0.717, 1.165) is 0 Å². The molecule has 4 nitrogen and oxygen atoms in total. The summed E-state index contributed by atoms with van der Waals surface area (Å²) in [6.07, 6.45) is 0.184. The fourth-order valence-electron chi connectivity index (χ4n) is 2.85. The van der Waals surface area contributed by atoms with Gasteiger partial charge in [-0.1, -0.05) is 41.4 Å². The Hall–Kier alpha value is -2.11. The molecule has 0 spiro atoms. The highest BCUT2D eigenvalue weighted by Gasteiger charge is 2.31. The smallest absolute Gasteiger partial charge is 0.254 e. The van der Waals surface area contributed by atoms with E-state index in [4.69, 9.17) is 23.2 Å². The highest BCUT2D eigenvalue weighted by Crippen LogP contribution is 2.25. The minimum absolute atomic E-state index is 0.0974. The number of nitrogens with zero attached hydrogens (tertiary/aromatic N) is 1. The zero-order valence-electron chi connectivity index (χ0n) is 13.1. The Morgan fingerprint density at radius 1 is 1.20 bits per heavy atom. The van der Waals surface area contributed by atoms with Crippen LogP contribution in [-0.4, -0.2) is 29.3 Å². The molecule has 2 amide bonds. The van der Waals surface area contributed by atoms with Gasteiger partial charge in [-0.15, -0.1) is 0 Å². The van der Waals surface area contributed by atoms with Crippen molar-refractivity contribution in [3.63, 3.8) is 0 Å². The Bertz CT molecular complexity index is 808. The predicted molar refractivity (Wildman–Crippen MR) is 94.2 cm³/mol. The second-order valence-electron chi connectivity index (χ2n) is 5.88. The van der Waals surface area contributed by atoms with Crippen LogP contribution < -0.4 is 5.32 Å². The number of rotatable bonds is 4. The molecule has 0 unspecified atom stereocenters. The molecule has 1 atom stereocenters. The van der Waals surface area contributed by atoms with Crippen LogP contribution in [0.15, 0.2) is 42.5 Å². The standard InChI is InChI=1S/C18H15Cl2FN2O2/c19-14-5-2-6-15(20)17(14)18(25)22-13-8-16(24)23(10-13)9-11-3-1-4-12(21)7-11/h1-7,13H,8-10H2,(H,22,25)/t13-/m1/s1. The third-order valence-corrected chi connectivity index (χ3v) is 4.63. The van der Waals surface area contributed by atoms with Gasteiger partial charge in [0.2, 0.25) is 5.91 Å². The maximum Gasteiger partial charge on any atom is 0.254 e. The number of halogens is 3. The van der Waals surface area contributed by atoms with Crippen LogP contribution in [-0.2, 0) is 11.3 Å². The molecule has 0 bridgehead atoms. The van der Waals surface area contributed by atoms with Crippen molar-refractivity contribution in [1.82, 2.24) is 10.2 Å². The molecular formula is C18H15Cl2FN2O2. The van der Waals surface area contributed by atoms with Gasteiger partial charge in [-0.3, -0.25) is 9.59 Å². The zero-order chi connectivity index (χ0) is 18.0. The highest BCUT2D eigenvalue weighted by atomic mass is 35.5. The van der Waals surface area contributed by atoms with Crippen LogP contribution in [0.5, 0.6) is 0 Å². The molecule has 130 valence electrons. The minimum Gasteiger partial charge on any atom is -0.347 e. The molecule has 1 fully saturated rings. The topological polar surface area (TPSA) is 49.4 Å². The Morgan fingerprint density at radius 3 is 2.56 bits per heavy atom. The van der Waals surface area contributed by atoms with Crippen molar-refractivity contribution in [1.29, 1.82) is 0 Å². The van der Waals surface area contributed by atoms with E-state index in [1.165, 1.54) is 12.1 Å². The summed E-state index contributed by atoms with van der Waals surface area (Å²) in [5.41, 5.74) is 0.899. The van der Waals surface area contributed by atoms with E-state index in [1.807, 2.05) is 0 Å². The molecule has 3 rings (SSSR count). The van der Waals surface area contributed by atoms with E-state index in [9.17, 15) is 14.0 Å². The average molecular weight is 381 g/mol. The average Bonchev–Trinajstić information content (AvgIpc) is 2.86. The normalized spacial score (nSPS) is 17.0. The zero-order valence-corrected chi connectivity index (χ0v) is 14.6. The number of hydrogen-bond donors (Lipinski definition) is 1.